The van der Waals surface area contributed by atoms with Crippen molar-refractivity contribution in [1.29, 1.82) is 0 Å². The van der Waals surface area contributed by atoms with Gasteiger partial charge in [0.2, 0.25) is 10.6 Å². The molecule has 0 spiro atoms. The number of nitrogens with one attached hydrogen (secondary N) is 2. The van der Waals surface area contributed by atoms with Crippen molar-refractivity contribution in [1.82, 2.24) is 25.1 Å². The van der Waals surface area contributed by atoms with E-state index in [0.29, 0.717) is 23.0 Å². The molecule has 134 valence electrons. The van der Waals surface area contributed by atoms with Gasteiger partial charge in [0.25, 0.3) is 0 Å². The number of aromatic hydroxyl groups is 1. The number of H-pyrrole nitrogens is 2. The lowest BCUT2D eigenvalue weighted by molar-refractivity contribution is 0.318. The zero-order chi connectivity index (χ0) is 18.1. The molecule has 1 aliphatic rings. The summed E-state index contributed by atoms with van der Waals surface area (Å²) in [5.41, 5.74) is 3.89. The molecule has 9 heteroatoms. The maximum Gasteiger partial charge on any atom is 0.216 e. The Morgan fingerprint density at radius 1 is 1.35 bits per heavy atom. The lowest BCUT2D eigenvalue weighted by atomic mass is 10.2. The number of fused-ring (bicyclic) bond motifs is 1. The van der Waals surface area contributed by atoms with Crippen LogP contribution in [0.3, 0.4) is 0 Å². The van der Waals surface area contributed by atoms with E-state index >= 15 is 0 Å². The molecule has 0 unspecified atom stereocenters. The molecule has 0 fully saturated rings. The van der Waals surface area contributed by atoms with Crippen molar-refractivity contribution in [3.05, 3.63) is 39.8 Å². The van der Waals surface area contributed by atoms with E-state index in [1.54, 1.807) is 29.1 Å². The fraction of sp³-hybridized carbons (Fsp3) is 0.294. The topological polar surface area (TPSA) is 104 Å². The van der Waals surface area contributed by atoms with Gasteiger partial charge in [-0.3, -0.25) is 5.10 Å². The van der Waals surface area contributed by atoms with Crippen LogP contribution in [-0.2, 0) is 12.8 Å². The molecule has 0 atom stereocenters. The van der Waals surface area contributed by atoms with Crippen molar-refractivity contribution < 1.29 is 9.84 Å². The van der Waals surface area contributed by atoms with Crippen LogP contribution in [-0.4, -0.2) is 43.0 Å². The minimum atomic E-state index is 0.0942. The molecule has 1 aromatic carbocycles. The van der Waals surface area contributed by atoms with Crippen LogP contribution < -0.4 is 4.74 Å². The summed E-state index contributed by atoms with van der Waals surface area (Å²) in [7, 11) is 0. The third kappa shape index (κ3) is 2.90. The summed E-state index contributed by atoms with van der Waals surface area (Å²) in [4.78, 5) is 0. The number of phenolic OH excluding ortho intramolecular Hbond substituents is 1. The van der Waals surface area contributed by atoms with E-state index in [9.17, 15) is 5.11 Å². The number of hydrogen-bond acceptors (Lipinski definition) is 6. The van der Waals surface area contributed by atoms with Crippen LogP contribution in [0, 0.1) is 4.77 Å². The average Bonchev–Trinajstić information content (AvgIpc) is 3.32. The van der Waals surface area contributed by atoms with E-state index in [4.69, 9.17) is 17.0 Å². The quantitative estimate of drug-likeness (QED) is 0.473. The van der Waals surface area contributed by atoms with Gasteiger partial charge in [-0.2, -0.15) is 20.0 Å². The minimum absolute atomic E-state index is 0.0942. The largest absolute Gasteiger partial charge is 0.504 e. The summed E-state index contributed by atoms with van der Waals surface area (Å²) in [5, 5.41) is 28.8. The third-order valence-electron chi connectivity index (χ3n) is 4.27. The zero-order valence-corrected chi connectivity index (χ0v) is 15.0. The van der Waals surface area contributed by atoms with Gasteiger partial charge < -0.3 is 9.84 Å². The Hall–Kier alpha value is -2.94. The van der Waals surface area contributed by atoms with E-state index in [-0.39, 0.29) is 5.75 Å². The van der Waals surface area contributed by atoms with Gasteiger partial charge in [-0.15, -0.1) is 0 Å². The van der Waals surface area contributed by atoms with Gasteiger partial charge in [0.05, 0.1) is 12.8 Å². The summed E-state index contributed by atoms with van der Waals surface area (Å²) in [5.74, 6) is 1.09. The fourth-order valence-electron chi connectivity index (χ4n) is 3.06. The third-order valence-corrected chi connectivity index (χ3v) is 4.54. The number of hydrogen-bond donors (Lipinski definition) is 3. The number of ether oxygens (including phenoxy) is 1. The van der Waals surface area contributed by atoms with E-state index in [1.807, 2.05) is 6.92 Å². The van der Waals surface area contributed by atoms with Crippen LogP contribution in [0.4, 0.5) is 0 Å². The van der Waals surface area contributed by atoms with Gasteiger partial charge in [0.1, 0.15) is 5.69 Å². The first kappa shape index (κ1) is 16.5. The highest BCUT2D eigenvalue weighted by Crippen LogP contribution is 2.29. The SMILES string of the molecule is CCOc1cc(/C=N/n2c(-c3n[nH]c4c3CCC4)n[nH]c2=S)ccc1O. The standard InChI is InChI=1S/C17H18N6O2S/c1-2-25-14-8-10(6-7-13(14)24)9-18-23-16(21-22-17(23)26)15-11-4-3-5-12(11)19-20-15/h6-9,24H,2-5H2,1H3,(H,19,20)(H,22,26)/b18-9+. The van der Waals surface area contributed by atoms with Gasteiger partial charge in [-0.05, 0) is 62.2 Å². The highest BCUT2D eigenvalue weighted by Gasteiger charge is 2.23. The van der Waals surface area contributed by atoms with Crippen molar-refractivity contribution in [3.63, 3.8) is 0 Å². The Kier molecular flexibility index (Phi) is 4.29. The number of aryl methyl sites for hydroxylation is 1. The second-order valence-corrected chi connectivity index (χ2v) is 6.34. The minimum Gasteiger partial charge on any atom is -0.504 e. The second kappa shape index (κ2) is 6.75. The maximum absolute atomic E-state index is 9.80. The zero-order valence-electron chi connectivity index (χ0n) is 14.2. The van der Waals surface area contributed by atoms with Gasteiger partial charge in [0.15, 0.2) is 11.5 Å². The molecule has 26 heavy (non-hydrogen) atoms. The fourth-order valence-corrected chi connectivity index (χ4v) is 3.24. The first-order valence-electron chi connectivity index (χ1n) is 8.41. The number of benzene rings is 1. The molecule has 0 aliphatic heterocycles. The summed E-state index contributed by atoms with van der Waals surface area (Å²) >= 11 is 5.31. The molecule has 2 aromatic heterocycles. The van der Waals surface area contributed by atoms with Crippen molar-refractivity contribution in [3.8, 4) is 23.0 Å². The Balaban J connectivity index is 1.69. The van der Waals surface area contributed by atoms with E-state index in [2.05, 4.69) is 25.5 Å². The van der Waals surface area contributed by atoms with Crippen LogP contribution in [0.5, 0.6) is 11.5 Å². The van der Waals surface area contributed by atoms with Crippen molar-refractivity contribution >= 4 is 18.4 Å². The molecule has 0 bridgehead atoms. The van der Waals surface area contributed by atoms with Gasteiger partial charge >= 0.3 is 0 Å². The highest BCUT2D eigenvalue weighted by atomic mass is 32.1. The van der Waals surface area contributed by atoms with Crippen molar-refractivity contribution in [2.75, 3.05) is 6.61 Å². The summed E-state index contributed by atoms with van der Waals surface area (Å²) in [6, 6.07) is 5.04. The monoisotopic (exact) mass is 370 g/mol. The molecule has 4 rings (SSSR count). The summed E-state index contributed by atoms with van der Waals surface area (Å²) in [6.07, 6.45) is 4.73. The normalized spacial score (nSPS) is 13.4. The van der Waals surface area contributed by atoms with Gasteiger partial charge in [-0.25, -0.2) is 5.10 Å². The van der Waals surface area contributed by atoms with Crippen molar-refractivity contribution in [2.24, 2.45) is 5.10 Å². The molecular formula is C17H18N6O2S. The van der Waals surface area contributed by atoms with Crippen LogP contribution in [0.1, 0.15) is 30.2 Å². The smallest absolute Gasteiger partial charge is 0.216 e. The van der Waals surface area contributed by atoms with Crippen LogP contribution in [0.15, 0.2) is 23.3 Å². The molecule has 0 saturated carbocycles. The molecule has 0 radical (unpaired) electrons. The number of phenols is 1. The van der Waals surface area contributed by atoms with Gasteiger partial charge in [0, 0.05) is 11.3 Å². The number of aromatic nitrogens is 5. The Labute approximate surface area is 154 Å². The second-order valence-electron chi connectivity index (χ2n) is 5.95. The molecule has 0 saturated heterocycles. The predicted octanol–water partition coefficient (Wildman–Crippen LogP) is 2.81. The molecule has 2 heterocycles. The molecule has 0 amide bonds. The molecule has 8 nitrogen and oxygen atoms in total. The number of aromatic amines is 2. The average molecular weight is 370 g/mol. The first-order valence-corrected chi connectivity index (χ1v) is 8.82. The van der Waals surface area contributed by atoms with E-state index in [0.717, 1.165) is 36.2 Å². The van der Waals surface area contributed by atoms with Crippen LogP contribution >= 0.6 is 12.2 Å². The van der Waals surface area contributed by atoms with Gasteiger partial charge in [-0.1, -0.05) is 0 Å². The molecule has 3 aromatic rings. The number of rotatable bonds is 5. The molecule has 3 N–H and O–H groups in total. The van der Waals surface area contributed by atoms with E-state index in [1.165, 1.54) is 5.56 Å². The lowest BCUT2D eigenvalue weighted by Gasteiger charge is -2.06. The summed E-state index contributed by atoms with van der Waals surface area (Å²) < 4.78 is 7.34. The molecular weight excluding hydrogens is 352 g/mol. The van der Waals surface area contributed by atoms with Crippen molar-refractivity contribution in [2.45, 2.75) is 26.2 Å². The lowest BCUT2D eigenvalue weighted by Crippen LogP contribution is -1.98. The first-order chi connectivity index (χ1) is 12.7. The summed E-state index contributed by atoms with van der Waals surface area (Å²) in [6.45, 7) is 2.33. The highest BCUT2D eigenvalue weighted by molar-refractivity contribution is 7.71. The Morgan fingerprint density at radius 3 is 3.08 bits per heavy atom. The predicted molar refractivity (Wildman–Crippen MR) is 99.3 cm³/mol. The number of nitrogens with zero attached hydrogens (tertiary/aromatic N) is 4. The Bertz CT molecular complexity index is 1030. The van der Waals surface area contributed by atoms with Crippen LogP contribution in [0.25, 0.3) is 11.5 Å². The maximum atomic E-state index is 9.80. The van der Waals surface area contributed by atoms with Crippen LogP contribution in [0.2, 0.25) is 0 Å². The molecule has 1 aliphatic carbocycles. The Morgan fingerprint density at radius 2 is 2.23 bits per heavy atom. The van der Waals surface area contributed by atoms with E-state index < -0.39 is 0 Å².